The Morgan fingerprint density at radius 2 is 1.45 bits per heavy atom. The maximum absolute atomic E-state index is 10.7. The Morgan fingerprint density at radius 1 is 1.00 bits per heavy atom. The molecule has 3 heteroatoms. The van der Waals surface area contributed by atoms with Gasteiger partial charge in [-0.05, 0) is 18.1 Å². The standard InChI is InChI=1S/C19H21NO2/c1-16(12-13-19(21)22)20(14-17-8-4-2-5-9-17)15-18-10-6-3-7-11-18/h2-13,16H,14-15H2,1H3,(H,21,22)/t16-/m0/s1. The Bertz CT molecular complexity index is 566. The summed E-state index contributed by atoms with van der Waals surface area (Å²) in [7, 11) is 0. The van der Waals surface area contributed by atoms with Crippen LogP contribution in [-0.4, -0.2) is 22.0 Å². The van der Waals surface area contributed by atoms with Crippen molar-refractivity contribution >= 4 is 5.97 Å². The van der Waals surface area contributed by atoms with Gasteiger partial charge in [-0.15, -0.1) is 0 Å². The van der Waals surface area contributed by atoms with Crippen molar-refractivity contribution in [2.45, 2.75) is 26.1 Å². The summed E-state index contributed by atoms with van der Waals surface area (Å²) in [5.74, 6) is -0.911. The van der Waals surface area contributed by atoms with Crippen molar-refractivity contribution < 1.29 is 9.90 Å². The lowest BCUT2D eigenvalue weighted by Gasteiger charge is -2.27. The third-order valence-corrected chi connectivity index (χ3v) is 3.55. The van der Waals surface area contributed by atoms with Crippen LogP contribution in [0, 0.1) is 0 Å². The number of rotatable bonds is 7. The third-order valence-electron chi connectivity index (χ3n) is 3.55. The van der Waals surface area contributed by atoms with Crippen LogP contribution in [-0.2, 0) is 17.9 Å². The second-order valence-corrected chi connectivity index (χ2v) is 5.31. The van der Waals surface area contributed by atoms with E-state index in [1.807, 2.05) is 43.3 Å². The van der Waals surface area contributed by atoms with Gasteiger partial charge in [0.05, 0.1) is 0 Å². The van der Waals surface area contributed by atoms with E-state index >= 15 is 0 Å². The van der Waals surface area contributed by atoms with E-state index in [0.717, 1.165) is 13.1 Å². The molecule has 2 aromatic rings. The summed E-state index contributed by atoms with van der Waals surface area (Å²) in [5, 5.41) is 8.82. The van der Waals surface area contributed by atoms with Gasteiger partial charge in [0.2, 0.25) is 0 Å². The Balaban J connectivity index is 2.14. The first kappa shape index (κ1) is 16.0. The number of carboxylic acids is 1. The third kappa shape index (κ3) is 5.19. The first-order valence-electron chi connectivity index (χ1n) is 7.38. The molecular weight excluding hydrogens is 274 g/mol. The second-order valence-electron chi connectivity index (χ2n) is 5.31. The zero-order chi connectivity index (χ0) is 15.8. The quantitative estimate of drug-likeness (QED) is 0.791. The van der Waals surface area contributed by atoms with E-state index in [4.69, 9.17) is 5.11 Å². The number of carbonyl (C=O) groups is 1. The van der Waals surface area contributed by atoms with Gasteiger partial charge in [-0.2, -0.15) is 0 Å². The molecule has 0 amide bonds. The highest BCUT2D eigenvalue weighted by atomic mass is 16.4. The summed E-state index contributed by atoms with van der Waals surface area (Å²) in [6.45, 7) is 3.58. The lowest BCUT2D eigenvalue weighted by Crippen LogP contribution is -2.30. The summed E-state index contributed by atoms with van der Waals surface area (Å²) in [5.41, 5.74) is 2.43. The number of benzene rings is 2. The second kappa shape index (κ2) is 8.15. The fourth-order valence-electron chi connectivity index (χ4n) is 2.32. The van der Waals surface area contributed by atoms with Gasteiger partial charge >= 0.3 is 5.97 Å². The summed E-state index contributed by atoms with van der Waals surface area (Å²) >= 11 is 0. The van der Waals surface area contributed by atoms with Crippen molar-refractivity contribution in [3.63, 3.8) is 0 Å². The molecule has 0 aromatic heterocycles. The van der Waals surface area contributed by atoms with Gasteiger partial charge in [-0.3, -0.25) is 4.90 Å². The van der Waals surface area contributed by atoms with E-state index in [2.05, 4.69) is 29.2 Å². The Labute approximate surface area is 131 Å². The van der Waals surface area contributed by atoms with Crippen molar-refractivity contribution in [2.24, 2.45) is 0 Å². The summed E-state index contributed by atoms with van der Waals surface area (Å²) < 4.78 is 0. The molecule has 0 bridgehead atoms. The lowest BCUT2D eigenvalue weighted by molar-refractivity contribution is -0.131. The van der Waals surface area contributed by atoms with E-state index in [0.29, 0.717) is 0 Å². The highest BCUT2D eigenvalue weighted by molar-refractivity contribution is 5.79. The van der Waals surface area contributed by atoms with Crippen LogP contribution >= 0.6 is 0 Å². The van der Waals surface area contributed by atoms with Crippen LogP contribution in [0.25, 0.3) is 0 Å². The van der Waals surface area contributed by atoms with Crippen molar-refractivity contribution in [3.8, 4) is 0 Å². The molecule has 1 atom stereocenters. The summed E-state index contributed by atoms with van der Waals surface area (Å²) in [6, 6.07) is 20.5. The molecule has 22 heavy (non-hydrogen) atoms. The number of nitrogens with zero attached hydrogens (tertiary/aromatic N) is 1. The largest absolute Gasteiger partial charge is 0.478 e. The van der Waals surface area contributed by atoms with Crippen molar-refractivity contribution in [1.29, 1.82) is 0 Å². The average molecular weight is 295 g/mol. The highest BCUT2D eigenvalue weighted by Crippen LogP contribution is 2.14. The molecule has 0 fully saturated rings. The van der Waals surface area contributed by atoms with Crippen LogP contribution in [0.4, 0.5) is 0 Å². The van der Waals surface area contributed by atoms with Crippen LogP contribution in [0.3, 0.4) is 0 Å². The van der Waals surface area contributed by atoms with E-state index in [1.165, 1.54) is 17.2 Å². The Hall–Kier alpha value is -2.39. The smallest absolute Gasteiger partial charge is 0.328 e. The molecule has 0 saturated heterocycles. The van der Waals surface area contributed by atoms with Crippen molar-refractivity contribution in [1.82, 2.24) is 4.90 Å². The molecule has 0 aliphatic rings. The predicted octanol–water partition coefficient (Wildman–Crippen LogP) is 3.72. The Morgan fingerprint density at radius 3 is 1.86 bits per heavy atom. The number of aliphatic carboxylic acids is 1. The number of hydrogen-bond donors (Lipinski definition) is 1. The fraction of sp³-hybridized carbons (Fsp3) is 0.211. The molecular formula is C19H21NO2. The van der Waals surface area contributed by atoms with Crippen molar-refractivity contribution in [2.75, 3.05) is 0 Å². The molecule has 114 valence electrons. The summed E-state index contributed by atoms with van der Waals surface area (Å²) in [6.07, 6.45) is 2.95. The van der Waals surface area contributed by atoms with Gasteiger partial charge in [0.1, 0.15) is 0 Å². The van der Waals surface area contributed by atoms with Gasteiger partial charge in [0, 0.05) is 25.2 Å². The lowest BCUT2D eigenvalue weighted by atomic mass is 10.1. The monoisotopic (exact) mass is 295 g/mol. The van der Waals surface area contributed by atoms with E-state index in [-0.39, 0.29) is 6.04 Å². The minimum atomic E-state index is -0.911. The van der Waals surface area contributed by atoms with Crippen LogP contribution in [0.5, 0.6) is 0 Å². The molecule has 1 N–H and O–H groups in total. The molecule has 0 aliphatic heterocycles. The van der Waals surface area contributed by atoms with E-state index < -0.39 is 5.97 Å². The predicted molar refractivity (Wildman–Crippen MR) is 88.4 cm³/mol. The van der Waals surface area contributed by atoms with Crippen LogP contribution in [0.1, 0.15) is 18.1 Å². The SMILES string of the molecule is C[C@@H](C=CC(=O)O)N(Cc1ccccc1)Cc1ccccc1. The topological polar surface area (TPSA) is 40.5 Å². The minimum Gasteiger partial charge on any atom is -0.478 e. The zero-order valence-corrected chi connectivity index (χ0v) is 12.7. The van der Waals surface area contributed by atoms with Gasteiger partial charge in [-0.1, -0.05) is 66.7 Å². The van der Waals surface area contributed by atoms with Gasteiger partial charge in [-0.25, -0.2) is 4.79 Å². The fourth-order valence-corrected chi connectivity index (χ4v) is 2.32. The molecule has 0 spiro atoms. The number of carboxylic acid groups (broad SMARTS) is 1. The number of hydrogen-bond acceptors (Lipinski definition) is 2. The molecule has 0 unspecified atom stereocenters. The first-order valence-corrected chi connectivity index (χ1v) is 7.38. The van der Waals surface area contributed by atoms with Gasteiger partial charge in [0.25, 0.3) is 0 Å². The van der Waals surface area contributed by atoms with Crippen molar-refractivity contribution in [3.05, 3.63) is 83.9 Å². The maximum Gasteiger partial charge on any atom is 0.328 e. The normalized spacial score (nSPS) is 12.6. The van der Waals surface area contributed by atoms with Crippen LogP contribution in [0.15, 0.2) is 72.8 Å². The molecule has 3 nitrogen and oxygen atoms in total. The first-order chi connectivity index (χ1) is 10.6. The van der Waals surface area contributed by atoms with Gasteiger partial charge in [0.15, 0.2) is 0 Å². The van der Waals surface area contributed by atoms with Gasteiger partial charge < -0.3 is 5.11 Å². The average Bonchev–Trinajstić information content (AvgIpc) is 2.54. The van der Waals surface area contributed by atoms with Crippen LogP contribution < -0.4 is 0 Å². The zero-order valence-electron chi connectivity index (χ0n) is 12.7. The minimum absolute atomic E-state index is 0.0384. The van der Waals surface area contributed by atoms with Crippen LogP contribution in [0.2, 0.25) is 0 Å². The molecule has 2 aromatic carbocycles. The highest BCUT2D eigenvalue weighted by Gasteiger charge is 2.13. The van der Waals surface area contributed by atoms with E-state index in [9.17, 15) is 4.79 Å². The molecule has 0 saturated carbocycles. The Kier molecular flexibility index (Phi) is 5.92. The van der Waals surface area contributed by atoms with E-state index in [1.54, 1.807) is 6.08 Å². The molecule has 0 radical (unpaired) electrons. The molecule has 0 heterocycles. The summed E-state index contributed by atoms with van der Waals surface area (Å²) in [4.78, 5) is 13.0. The molecule has 0 aliphatic carbocycles. The molecule has 2 rings (SSSR count). The maximum atomic E-state index is 10.7.